The van der Waals surface area contributed by atoms with Gasteiger partial charge in [0.1, 0.15) is 0 Å². The predicted octanol–water partition coefficient (Wildman–Crippen LogP) is 2.93. The topological polar surface area (TPSA) is 88.2 Å². The Morgan fingerprint density at radius 2 is 2.22 bits per heavy atom. The van der Waals surface area contributed by atoms with E-state index in [4.69, 9.17) is 0 Å². The monoisotopic (exact) mass is 415 g/mol. The SMILES string of the molecule is C=CCNS(=O)(=O)c1ccc(Br)c(C(=O)Nc2nc(C)cs2)c1. The fraction of sp³-hybridized carbons (Fsp3) is 0.143. The molecule has 122 valence electrons. The molecule has 1 amide bonds. The van der Waals surface area contributed by atoms with Gasteiger partial charge in [-0.05, 0) is 41.1 Å². The molecule has 2 rings (SSSR count). The molecule has 0 spiro atoms. The Bertz CT molecular complexity index is 847. The van der Waals surface area contributed by atoms with Gasteiger partial charge < -0.3 is 0 Å². The van der Waals surface area contributed by atoms with E-state index in [0.29, 0.717) is 9.60 Å². The van der Waals surface area contributed by atoms with Crippen molar-refractivity contribution in [2.24, 2.45) is 0 Å². The molecule has 2 aromatic rings. The molecule has 1 aromatic heterocycles. The lowest BCUT2D eigenvalue weighted by molar-refractivity contribution is 0.102. The molecule has 2 N–H and O–H groups in total. The van der Waals surface area contributed by atoms with Crippen molar-refractivity contribution in [3.8, 4) is 0 Å². The lowest BCUT2D eigenvalue weighted by atomic mass is 10.2. The lowest BCUT2D eigenvalue weighted by Crippen LogP contribution is -2.24. The fourth-order valence-corrected chi connectivity index (χ4v) is 3.81. The van der Waals surface area contributed by atoms with E-state index in [0.717, 1.165) is 5.69 Å². The molecule has 0 radical (unpaired) electrons. The molecule has 0 aliphatic rings. The number of hydrogen-bond acceptors (Lipinski definition) is 5. The van der Waals surface area contributed by atoms with Gasteiger partial charge in [0, 0.05) is 16.4 Å². The van der Waals surface area contributed by atoms with Crippen molar-refractivity contribution < 1.29 is 13.2 Å². The van der Waals surface area contributed by atoms with Crippen molar-refractivity contribution in [2.75, 3.05) is 11.9 Å². The first-order chi connectivity index (χ1) is 10.8. The number of aryl methyl sites for hydroxylation is 1. The van der Waals surface area contributed by atoms with E-state index in [2.05, 4.69) is 37.5 Å². The van der Waals surface area contributed by atoms with Crippen molar-refractivity contribution in [3.05, 3.63) is 52.0 Å². The molecule has 0 aliphatic heterocycles. The molecule has 23 heavy (non-hydrogen) atoms. The molecule has 0 atom stereocenters. The minimum absolute atomic E-state index is 0.00280. The number of anilines is 1. The van der Waals surface area contributed by atoms with Crippen LogP contribution in [0.4, 0.5) is 5.13 Å². The summed E-state index contributed by atoms with van der Waals surface area (Å²) in [7, 11) is -3.70. The number of carbonyl (C=O) groups is 1. The summed E-state index contributed by atoms with van der Waals surface area (Å²) in [5, 5.41) is 4.91. The number of carbonyl (C=O) groups excluding carboxylic acids is 1. The second-order valence-corrected chi connectivity index (χ2v) is 8.01. The van der Waals surface area contributed by atoms with E-state index < -0.39 is 15.9 Å². The van der Waals surface area contributed by atoms with Crippen LogP contribution in [0.5, 0.6) is 0 Å². The van der Waals surface area contributed by atoms with Gasteiger partial charge >= 0.3 is 0 Å². The van der Waals surface area contributed by atoms with Crippen LogP contribution < -0.4 is 10.0 Å². The summed E-state index contributed by atoms with van der Waals surface area (Å²) in [6.07, 6.45) is 1.44. The molecule has 0 saturated heterocycles. The van der Waals surface area contributed by atoms with Gasteiger partial charge in [-0.15, -0.1) is 17.9 Å². The molecular weight excluding hydrogens is 402 g/mol. The first kappa shape index (κ1) is 17.8. The quantitative estimate of drug-likeness (QED) is 0.709. The number of rotatable bonds is 6. The molecule has 0 fully saturated rings. The van der Waals surface area contributed by atoms with Gasteiger partial charge in [0.15, 0.2) is 5.13 Å². The number of benzene rings is 1. The maximum Gasteiger partial charge on any atom is 0.258 e. The number of nitrogens with one attached hydrogen (secondary N) is 2. The van der Waals surface area contributed by atoms with Crippen LogP contribution in [0.2, 0.25) is 0 Å². The van der Waals surface area contributed by atoms with Crippen LogP contribution in [0.1, 0.15) is 16.1 Å². The summed E-state index contributed by atoms with van der Waals surface area (Å²) < 4.78 is 27.1. The smallest absolute Gasteiger partial charge is 0.258 e. The lowest BCUT2D eigenvalue weighted by Gasteiger charge is -2.09. The zero-order valence-corrected chi connectivity index (χ0v) is 15.4. The zero-order valence-electron chi connectivity index (χ0n) is 12.2. The summed E-state index contributed by atoms with van der Waals surface area (Å²) in [6.45, 7) is 5.39. The molecule has 0 unspecified atom stereocenters. The summed E-state index contributed by atoms with van der Waals surface area (Å²) in [5.74, 6) is -0.438. The number of thiazole rings is 1. The van der Waals surface area contributed by atoms with E-state index in [1.165, 1.54) is 35.6 Å². The van der Waals surface area contributed by atoms with Crippen molar-refractivity contribution in [2.45, 2.75) is 11.8 Å². The van der Waals surface area contributed by atoms with Gasteiger partial charge in [0.25, 0.3) is 5.91 Å². The highest BCUT2D eigenvalue weighted by molar-refractivity contribution is 9.10. The fourth-order valence-electron chi connectivity index (χ4n) is 1.67. The number of aromatic nitrogens is 1. The molecule has 1 aromatic carbocycles. The number of amides is 1. The summed E-state index contributed by atoms with van der Waals surface area (Å²) in [4.78, 5) is 16.5. The van der Waals surface area contributed by atoms with Crippen LogP contribution in [0.25, 0.3) is 0 Å². The first-order valence-corrected chi connectivity index (χ1v) is 9.62. The van der Waals surface area contributed by atoms with Gasteiger partial charge in [-0.2, -0.15) is 0 Å². The number of halogens is 1. The minimum Gasteiger partial charge on any atom is -0.298 e. The van der Waals surface area contributed by atoms with E-state index in [9.17, 15) is 13.2 Å². The predicted molar refractivity (Wildman–Crippen MR) is 94.3 cm³/mol. The van der Waals surface area contributed by atoms with Crippen LogP contribution in [0.15, 0.2) is 45.6 Å². The molecule has 9 heteroatoms. The van der Waals surface area contributed by atoms with Gasteiger partial charge in [-0.3, -0.25) is 10.1 Å². The molecule has 0 bridgehead atoms. The third-order valence-corrected chi connectivity index (χ3v) is 5.74. The highest BCUT2D eigenvalue weighted by Crippen LogP contribution is 2.23. The van der Waals surface area contributed by atoms with Crippen molar-refractivity contribution >= 4 is 48.3 Å². The normalized spacial score (nSPS) is 11.2. The van der Waals surface area contributed by atoms with Crippen LogP contribution in [-0.2, 0) is 10.0 Å². The number of nitrogens with zero attached hydrogens (tertiary/aromatic N) is 1. The third-order valence-electron chi connectivity index (χ3n) is 2.75. The van der Waals surface area contributed by atoms with Crippen LogP contribution in [-0.4, -0.2) is 25.9 Å². The number of sulfonamides is 1. The Balaban J connectivity index is 2.30. The van der Waals surface area contributed by atoms with Gasteiger partial charge in [0.2, 0.25) is 10.0 Å². The molecule has 1 heterocycles. The van der Waals surface area contributed by atoms with Gasteiger partial charge in [0.05, 0.1) is 16.2 Å². The molecule has 6 nitrogen and oxygen atoms in total. The maximum absolute atomic E-state index is 12.3. The van der Waals surface area contributed by atoms with E-state index in [1.54, 1.807) is 0 Å². The van der Waals surface area contributed by atoms with Gasteiger partial charge in [-0.25, -0.2) is 18.1 Å². The highest BCUT2D eigenvalue weighted by atomic mass is 79.9. The van der Waals surface area contributed by atoms with Crippen LogP contribution in [0.3, 0.4) is 0 Å². The Morgan fingerprint density at radius 1 is 1.48 bits per heavy atom. The van der Waals surface area contributed by atoms with E-state index >= 15 is 0 Å². The van der Waals surface area contributed by atoms with E-state index in [-0.39, 0.29) is 17.0 Å². The summed E-state index contributed by atoms with van der Waals surface area (Å²) in [5.41, 5.74) is 1.01. The van der Waals surface area contributed by atoms with E-state index in [1.807, 2.05) is 12.3 Å². The highest BCUT2D eigenvalue weighted by Gasteiger charge is 2.18. The summed E-state index contributed by atoms with van der Waals surface area (Å²) in [6, 6.07) is 4.25. The zero-order chi connectivity index (χ0) is 17.0. The molecular formula is C14H14BrN3O3S2. The largest absolute Gasteiger partial charge is 0.298 e. The minimum atomic E-state index is -3.70. The first-order valence-electron chi connectivity index (χ1n) is 6.47. The Morgan fingerprint density at radius 3 is 2.83 bits per heavy atom. The van der Waals surface area contributed by atoms with Crippen molar-refractivity contribution in [1.82, 2.24) is 9.71 Å². The Labute approximate surface area is 146 Å². The van der Waals surface area contributed by atoms with Crippen LogP contribution >= 0.6 is 27.3 Å². The van der Waals surface area contributed by atoms with Crippen molar-refractivity contribution in [3.63, 3.8) is 0 Å². The van der Waals surface area contributed by atoms with Crippen molar-refractivity contribution in [1.29, 1.82) is 0 Å². The van der Waals surface area contributed by atoms with Crippen LogP contribution in [0, 0.1) is 6.92 Å². The average molecular weight is 416 g/mol. The van der Waals surface area contributed by atoms with Gasteiger partial charge in [-0.1, -0.05) is 6.08 Å². The average Bonchev–Trinajstić information content (AvgIpc) is 2.90. The second kappa shape index (κ2) is 7.35. The molecule has 0 saturated carbocycles. The number of hydrogen-bond donors (Lipinski definition) is 2. The summed E-state index contributed by atoms with van der Waals surface area (Å²) >= 11 is 4.56. The standard InChI is InChI=1S/C14H14BrN3O3S2/c1-3-6-16-23(20,21)10-4-5-12(15)11(7-10)13(19)18-14-17-9(2)8-22-14/h3-5,7-8,16H,1,6H2,2H3,(H,17,18,19). The molecule has 0 aliphatic carbocycles. The second-order valence-electron chi connectivity index (χ2n) is 4.53. The Kier molecular flexibility index (Phi) is 5.69. The Hall–Kier alpha value is -1.55. The maximum atomic E-state index is 12.3. The third kappa shape index (κ3) is 4.47.